The van der Waals surface area contributed by atoms with Crippen molar-refractivity contribution in [2.75, 3.05) is 13.6 Å². The molecule has 86 valence electrons. The molecule has 0 unspecified atom stereocenters. The van der Waals surface area contributed by atoms with Gasteiger partial charge in [-0.3, -0.25) is 0 Å². The van der Waals surface area contributed by atoms with E-state index < -0.39 is 0 Å². The topological polar surface area (TPSA) is 43.0 Å². The van der Waals surface area contributed by atoms with Crippen LogP contribution < -0.4 is 5.32 Å². The second-order valence-corrected chi connectivity index (χ2v) is 3.92. The van der Waals surface area contributed by atoms with Gasteiger partial charge in [-0.1, -0.05) is 11.6 Å². The Hall–Kier alpha value is -1.26. The van der Waals surface area contributed by atoms with Gasteiger partial charge in [-0.05, 0) is 19.2 Å². The van der Waals surface area contributed by atoms with Crippen LogP contribution in [0, 0.1) is 0 Å². The normalized spacial score (nSPS) is 10.9. The van der Waals surface area contributed by atoms with E-state index in [-0.39, 0.29) is 0 Å². The standard InChI is InChI=1S/C11H14ClN3O/c1-13-6-5-8-10(12)15(2)11(14-8)9-4-3-7-16-9/h3-4,7,13H,5-6H2,1-2H3. The third kappa shape index (κ3) is 1.99. The number of nitrogens with one attached hydrogen (secondary N) is 1. The van der Waals surface area contributed by atoms with Gasteiger partial charge in [0.15, 0.2) is 11.6 Å². The van der Waals surface area contributed by atoms with Gasteiger partial charge < -0.3 is 14.3 Å². The number of aromatic nitrogens is 2. The van der Waals surface area contributed by atoms with Crippen molar-refractivity contribution in [2.24, 2.45) is 7.05 Å². The van der Waals surface area contributed by atoms with Gasteiger partial charge in [0.1, 0.15) is 5.15 Å². The van der Waals surface area contributed by atoms with Gasteiger partial charge in [0, 0.05) is 20.0 Å². The molecular formula is C11H14ClN3O. The van der Waals surface area contributed by atoms with Crippen molar-refractivity contribution in [2.45, 2.75) is 6.42 Å². The highest BCUT2D eigenvalue weighted by Gasteiger charge is 2.15. The van der Waals surface area contributed by atoms with Crippen molar-refractivity contribution in [3.05, 3.63) is 29.2 Å². The maximum atomic E-state index is 6.20. The van der Waals surface area contributed by atoms with E-state index in [9.17, 15) is 0 Å². The van der Waals surface area contributed by atoms with Crippen LogP contribution in [0.4, 0.5) is 0 Å². The summed E-state index contributed by atoms with van der Waals surface area (Å²) < 4.78 is 7.15. The van der Waals surface area contributed by atoms with E-state index in [0.29, 0.717) is 5.15 Å². The van der Waals surface area contributed by atoms with E-state index in [1.807, 2.05) is 30.8 Å². The van der Waals surface area contributed by atoms with Gasteiger partial charge in [-0.15, -0.1) is 0 Å². The van der Waals surface area contributed by atoms with E-state index in [2.05, 4.69) is 10.3 Å². The van der Waals surface area contributed by atoms with E-state index >= 15 is 0 Å². The summed E-state index contributed by atoms with van der Waals surface area (Å²) in [6.07, 6.45) is 2.44. The second-order valence-electron chi connectivity index (χ2n) is 3.56. The zero-order chi connectivity index (χ0) is 11.5. The Balaban J connectivity index is 2.34. The molecule has 5 heteroatoms. The summed E-state index contributed by atoms with van der Waals surface area (Å²) in [4.78, 5) is 4.49. The maximum absolute atomic E-state index is 6.20. The summed E-state index contributed by atoms with van der Waals surface area (Å²) in [5, 5.41) is 3.74. The average molecular weight is 240 g/mol. The molecule has 0 fully saturated rings. The number of likely N-dealkylation sites (N-methyl/N-ethyl adjacent to an activating group) is 1. The molecule has 0 atom stereocenters. The van der Waals surface area contributed by atoms with E-state index in [1.54, 1.807) is 6.26 Å². The van der Waals surface area contributed by atoms with Crippen LogP contribution in [-0.4, -0.2) is 23.1 Å². The monoisotopic (exact) mass is 239 g/mol. The molecule has 0 aromatic carbocycles. The van der Waals surface area contributed by atoms with Crippen LogP contribution in [0.25, 0.3) is 11.6 Å². The fourth-order valence-corrected chi connectivity index (χ4v) is 1.78. The van der Waals surface area contributed by atoms with Crippen LogP contribution in [0.15, 0.2) is 22.8 Å². The molecule has 1 N–H and O–H groups in total. The summed E-state index contributed by atoms with van der Waals surface area (Å²) in [5.41, 5.74) is 0.893. The summed E-state index contributed by atoms with van der Waals surface area (Å²) in [6.45, 7) is 0.855. The number of imidazole rings is 1. The van der Waals surface area contributed by atoms with Crippen molar-refractivity contribution >= 4 is 11.6 Å². The number of hydrogen-bond acceptors (Lipinski definition) is 3. The minimum absolute atomic E-state index is 0.668. The van der Waals surface area contributed by atoms with Crippen LogP contribution in [0.2, 0.25) is 5.15 Å². The summed E-state index contributed by atoms with van der Waals surface area (Å²) in [6, 6.07) is 3.71. The van der Waals surface area contributed by atoms with Crippen molar-refractivity contribution < 1.29 is 4.42 Å². The summed E-state index contributed by atoms with van der Waals surface area (Å²) >= 11 is 6.20. The molecule has 0 amide bonds. The van der Waals surface area contributed by atoms with Gasteiger partial charge in [0.05, 0.1) is 12.0 Å². The number of hydrogen-bond donors (Lipinski definition) is 1. The molecule has 2 heterocycles. The molecule has 0 aliphatic carbocycles. The Morgan fingerprint density at radius 2 is 2.38 bits per heavy atom. The predicted molar refractivity (Wildman–Crippen MR) is 63.6 cm³/mol. The molecule has 0 radical (unpaired) electrons. The third-order valence-electron chi connectivity index (χ3n) is 2.44. The lowest BCUT2D eigenvalue weighted by molar-refractivity contribution is 0.574. The van der Waals surface area contributed by atoms with Gasteiger partial charge in [-0.25, -0.2) is 4.98 Å². The molecule has 0 saturated carbocycles. The summed E-state index contributed by atoms with van der Waals surface area (Å²) in [5.74, 6) is 1.50. The molecule has 0 spiro atoms. The van der Waals surface area contributed by atoms with Crippen LogP contribution in [0.3, 0.4) is 0 Å². The lowest BCUT2D eigenvalue weighted by atomic mass is 10.3. The molecule has 0 aliphatic heterocycles. The Morgan fingerprint density at radius 3 is 3.00 bits per heavy atom. The number of halogens is 1. The number of nitrogens with zero attached hydrogens (tertiary/aromatic N) is 2. The van der Waals surface area contributed by atoms with Crippen LogP contribution in [0.1, 0.15) is 5.69 Å². The first kappa shape index (κ1) is 11.2. The van der Waals surface area contributed by atoms with Crippen LogP contribution in [0.5, 0.6) is 0 Å². The van der Waals surface area contributed by atoms with Crippen molar-refractivity contribution in [3.8, 4) is 11.6 Å². The quantitative estimate of drug-likeness (QED) is 0.889. The van der Waals surface area contributed by atoms with Gasteiger partial charge in [-0.2, -0.15) is 0 Å². The van der Waals surface area contributed by atoms with Crippen molar-refractivity contribution in [1.29, 1.82) is 0 Å². The molecule has 16 heavy (non-hydrogen) atoms. The molecule has 2 aromatic rings. The molecule has 2 rings (SSSR count). The van der Waals surface area contributed by atoms with Crippen molar-refractivity contribution in [3.63, 3.8) is 0 Å². The minimum atomic E-state index is 0.668. The molecule has 0 saturated heterocycles. The Kier molecular flexibility index (Phi) is 3.31. The summed E-state index contributed by atoms with van der Waals surface area (Å²) in [7, 11) is 3.79. The van der Waals surface area contributed by atoms with E-state index in [4.69, 9.17) is 16.0 Å². The fourth-order valence-electron chi connectivity index (χ4n) is 1.56. The zero-order valence-electron chi connectivity index (χ0n) is 9.33. The zero-order valence-corrected chi connectivity index (χ0v) is 10.1. The molecule has 2 aromatic heterocycles. The lowest BCUT2D eigenvalue weighted by Crippen LogP contribution is -2.10. The molecule has 0 aliphatic rings. The first-order chi connectivity index (χ1) is 7.74. The van der Waals surface area contributed by atoms with E-state index in [1.165, 1.54) is 0 Å². The highest BCUT2D eigenvalue weighted by molar-refractivity contribution is 6.30. The van der Waals surface area contributed by atoms with Gasteiger partial charge in [0.2, 0.25) is 0 Å². The van der Waals surface area contributed by atoms with E-state index in [0.717, 1.165) is 30.2 Å². The third-order valence-corrected chi connectivity index (χ3v) is 2.92. The molecular weight excluding hydrogens is 226 g/mol. The van der Waals surface area contributed by atoms with Crippen LogP contribution >= 0.6 is 11.6 Å². The Morgan fingerprint density at radius 1 is 1.56 bits per heavy atom. The highest BCUT2D eigenvalue weighted by Crippen LogP contribution is 2.25. The number of rotatable bonds is 4. The van der Waals surface area contributed by atoms with Crippen molar-refractivity contribution in [1.82, 2.24) is 14.9 Å². The predicted octanol–water partition coefficient (Wildman–Crippen LogP) is 2.10. The smallest absolute Gasteiger partial charge is 0.177 e. The van der Waals surface area contributed by atoms with Crippen LogP contribution in [-0.2, 0) is 13.5 Å². The molecule has 4 nitrogen and oxygen atoms in total. The molecule has 0 bridgehead atoms. The maximum Gasteiger partial charge on any atom is 0.177 e. The fraction of sp³-hybridized carbons (Fsp3) is 0.364. The highest BCUT2D eigenvalue weighted by atomic mass is 35.5. The minimum Gasteiger partial charge on any atom is -0.461 e. The Labute approximate surface area is 99.2 Å². The first-order valence-corrected chi connectivity index (χ1v) is 5.51. The van der Waals surface area contributed by atoms with Gasteiger partial charge >= 0.3 is 0 Å². The SMILES string of the molecule is CNCCc1nc(-c2ccco2)n(C)c1Cl. The second kappa shape index (κ2) is 4.72. The largest absolute Gasteiger partial charge is 0.461 e. The van der Waals surface area contributed by atoms with Gasteiger partial charge in [0.25, 0.3) is 0 Å². The Bertz CT molecular complexity index is 462. The number of furan rings is 1. The lowest BCUT2D eigenvalue weighted by Gasteiger charge is -1.98. The average Bonchev–Trinajstić information content (AvgIpc) is 2.88. The first-order valence-electron chi connectivity index (χ1n) is 5.13.